The van der Waals surface area contributed by atoms with Crippen LogP contribution in [0.4, 0.5) is 21.8 Å². The Labute approximate surface area is 235 Å². The Balaban J connectivity index is 1.45. The number of hydrogen-bond donors (Lipinski definition) is 6. The number of hydrogen-bond acceptors (Lipinski definition) is 10. The number of aliphatic hydroxyl groups is 2. The fourth-order valence-electron chi connectivity index (χ4n) is 3.87. The van der Waals surface area contributed by atoms with Gasteiger partial charge in [-0.15, -0.1) is 0 Å². The number of rotatable bonds is 11. The van der Waals surface area contributed by atoms with Crippen LogP contribution in [0.15, 0.2) is 67.0 Å². The van der Waals surface area contributed by atoms with Crippen molar-refractivity contribution < 1.29 is 19.4 Å². The second-order valence-electron chi connectivity index (χ2n) is 9.24. The molecule has 12 heteroatoms. The molecule has 41 heavy (non-hydrogen) atoms. The van der Waals surface area contributed by atoms with E-state index in [1.807, 2.05) is 30.3 Å². The van der Waals surface area contributed by atoms with Gasteiger partial charge in [-0.1, -0.05) is 36.4 Å². The van der Waals surface area contributed by atoms with Gasteiger partial charge < -0.3 is 31.9 Å². The second-order valence-corrected chi connectivity index (χ2v) is 9.24. The van der Waals surface area contributed by atoms with Crippen LogP contribution < -0.4 is 21.7 Å². The predicted molar refractivity (Wildman–Crippen MR) is 152 cm³/mol. The molecule has 0 aliphatic heterocycles. The summed E-state index contributed by atoms with van der Waals surface area (Å²) in [5, 5.41) is 36.8. The molecule has 0 aliphatic carbocycles. The number of aromatic nitrogens is 3. The van der Waals surface area contributed by atoms with Gasteiger partial charge in [0.25, 0.3) is 5.91 Å². The maximum atomic E-state index is 13.3. The summed E-state index contributed by atoms with van der Waals surface area (Å²) in [7, 11) is 0. The number of anilines is 3. The van der Waals surface area contributed by atoms with E-state index in [1.165, 1.54) is 30.6 Å². The van der Waals surface area contributed by atoms with E-state index in [0.29, 0.717) is 23.9 Å². The third-order valence-corrected chi connectivity index (χ3v) is 6.21. The lowest BCUT2D eigenvalue weighted by molar-refractivity contribution is 0.0940. The number of benzene rings is 2. The molecule has 2 unspecified atom stereocenters. The Bertz CT molecular complexity index is 1540. The summed E-state index contributed by atoms with van der Waals surface area (Å²) in [5.74, 6) is -0.0197. The fourth-order valence-corrected chi connectivity index (χ4v) is 3.87. The molecule has 0 radical (unpaired) electrons. The molecule has 0 saturated heterocycles. The Kier molecular flexibility index (Phi) is 9.36. The monoisotopic (exact) mass is 556 g/mol. The summed E-state index contributed by atoms with van der Waals surface area (Å²) in [6.07, 6.45) is 1.97. The van der Waals surface area contributed by atoms with Crippen LogP contribution in [0.5, 0.6) is 0 Å². The first-order chi connectivity index (χ1) is 19.8. The molecule has 11 nitrogen and oxygen atoms in total. The SMILES string of the molecule is CC(NC(=O)c1cc(C#N)cnc1NCc1ccc(-c2cnc(N)c(NCC(O)CO)n2)cc1)c1ccc(F)cc1. The Morgan fingerprint density at radius 3 is 2.49 bits per heavy atom. The van der Waals surface area contributed by atoms with Crippen molar-refractivity contribution in [1.29, 1.82) is 5.26 Å². The average Bonchev–Trinajstić information content (AvgIpc) is 2.99. The summed E-state index contributed by atoms with van der Waals surface area (Å²) in [5.41, 5.74) is 9.27. The molecule has 0 spiro atoms. The van der Waals surface area contributed by atoms with Gasteiger partial charge in [0.15, 0.2) is 11.6 Å². The van der Waals surface area contributed by atoms with Crippen LogP contribution in [0.3, 0.4) is 0 Å². The summed E-state index contributed by atoms with van der Waals surface area (Å²) in [4.78, 5) is 26.0. The normalized spacial score (nSPS) is 12.2. The zero-order valence-electron chi connectivity index (χ0n) is 22.2. The molecule has 210 valence electrons. The van der Waals surface area contributed by atoms with E-state index in [4.69, 9.17) is 10.8 Å². The van der Waals surface area contributed by atoms with Gasteiger partial charge in [0, 0.05) is 24.8 Å². The van der Waals surface area contributed by atoms with Gasteiger partial charge in [-0.3, -0.25) is 4.79 Å². The highest BCUT2D eigenvalue weighted by molar-refractivity contribution is 5.99. The van der Waals surface area contributed by atoms with Gasteiger partial charge >= 0.3 is 0 Å². The highest BCUT2D eigenvalue weighted by atomic mass is 19.1. The number of nitriles is 1. The molecule has 0 bridgehead atoms. The van der Waals surface area contributed by atoms with Gasteiger partial charge in [-0.2, -0.15) is 5.26 Å². The number of aliphatic hydroxyl groups excluding tert-OH is 2. The summed E-state index contributed by atoms with van der Waals surface area (Å²) in [6, 6.07) is 16.4. The van der Waals surface area contributed by atoms with Crippen LogP contribution in [-0.2, 0) is 6.54 Å². The zero-order chi connectivity index (χ0) is 29.4. The lowest BCUT2D eigenvalue weighted by Crippen LogP contribution is -2.28. The van der Waals surface area contributed by atoms with E-state index in [0.717, 1.165) is 16.7 Å². The number of nitrogens with two attached hydrogens (primary N) is 1. The number of carbonyl (C=O) groups is 1. The third kappa shape index (κ3) is 7.51. The number of pyridine rings is 1. The van der Waals surface area contributed by atoms with E-state index in [2.05, 4.69) is 30.9 Å². The smallest absolute Gasteiger partial charge is 0.255 e. The minimum absolute atomic E-state index is 0.0674. The van der Waals surface area contributed by atoms with Crippen molar-refractivity contribution in [1.82, 2.24) is 20.3 Å². The number of nitrogens with one attached hydrogen (secondary N) is 3. The molecule has 4 aromatic rings. The molecule has 7 N–H and O–H groups in total. The molecule has 0 saturated carbocycles. The first-order valence-corrected chi connectivity index (χ1v) is 12.7. The number of nitrogen functional groups attached to an aromatic ring is 1. The first kappa shape index (κ1) is 28.9. The molecular formula is C29H29FN8O3. The van der Waals surface area contributed by atoms with Crippen molar-refractivity contribution in [2.75, 3.05) is 29.5 Å². The first-order valence-electron chi connectivity index (χ1n) is 12.7. The van der Waals surface area contributed by atoms with E-state index in [-0.39, 0.29) is 29.3 Å². The largest absolute Gasteiger partial charge is 0.394 e. The van der Waals surface area contributed by atoms with Crippen LogP contribution in [0.2, 0.25) is 0 Å². The van der Waals surface area contributed by atoms with E-state index < -0.39 is 24.7 Å². The van der Waals surface area contributed by atoms with Crippen molar-refractivity contribution in [3.63, 3.8) is 0 Å². The lowest BCUT2D eigenvalue weighted by atomic mass is 10.1. The molecule has 2 atom stereocenters. The van der Waals surface area contributed by atoms with Crippen molar-refractivity contribution in [3.8, 4) is 17.3 Å². The minimum atomic E-state index is -0.956. The van der Waals surface area contributed by atoms with Crippen LogP contribution in [0.25, 0.3) is 11.3 Å². The van der Waals surface area contributed by atoms with E-state index in [9.17, 15) is 19.6 Å². The average molecular weight is 557 g/mol. The molecule has 2 aromatic heterocycles. The molecule has 4 rings (SSSR count). The molecule has 0 aliphatic rings. The molecular weight excluding hydrogens is 527 g/mol. The highest BCUT2D eigenvalue weighted by Crippen LogP contribution is 2.23. The zero-order valence-corrected chi connectivity index (χ0v) is 22.2. The topological polar surface area (TPSA) is 182 Å². The van der Waals surface area contributed by atoms with Gasteiger partial charge in [-0.05, 0) is 36.2 Å². The number of nitrogens with zero attached hydrogens (tertiary/aromatic N) is 4. The highest BCUT2D eigenvalue weighted by Gasteiger charge is 2.17. The second kappa shape index (κ2) is 13.3. The predicted octanol–water partition coefficient (Wildman–Crippen LogP) is 3.00. The molecule has 1 amide bonds. The quantitative estimate of drug-likeness (QED) is 0.161. The van der Waals surface area contributed by atoms with E-state index in [1.54, 1.807) is 19.1 Å². The number of carbonyl (C=O) groups excluding carboxylic acids is 1. The van der Waals surface area contributed by atoms with Gasteiger partial charge in [0.1, 0.15) is 17.7 Å². The van der Waals surface area contributed by atoms with E-state index >= 15 is 0 Å². The maximum Gasteiger partial charge on any atom is 0.255 e. The Morgan fingerprint density at radius 1 is 1.07 bits per heavy atom. The third-order valence-electron chi connectivity index (χ3n) is 6.21. The van der Waals surface area contributed by atoms with Crippen molar-refractivity contribution in [2.24, 2.45) is 0 Å². The van der Waals surface area contributed by atoms with Crippen LogP contribution in [-0.4, -0.2) is 50.3 Å². The maximum absolute atomic E-state index is 13.3. The summed E-state index contributed by atoms with van der Waals surface area (Å²) < 4.78 is 13.3. The lowest BCUT2D eigenvalue weighted by Gasteiger charge is -2.16. The van der Waals surface area contributed by atoms with Crippen LogP contribution in [0, 0.1) is 17.1 Å². The van der Waals surface area contributed by atoms with Crippen LogP contribution >= 0.6 is 0 Å². The van der Waals surface area contributed by atoms with Crippen molar-refractivity contribution >= 4 is 23.4 Å². The Morgan fingerprint density at radius 2 is 1.80 bits per heavy atom. The number of halogens is 1. The fraction of sp³-hybridized carbons (Fsp3) is 0.207. The van der Waals surface area contributed by atoms with Gasteiger partial charge in [0.2, 0.25) is 0 Å². The van der Waals surface area contributed by atoms with Crippen molar-refractivity contribution in [2.45, 2.75) is 25.6 Å². The molecule has 0 fully saturated rings. The molecule has 2 aromatic carbocycles. The standard InChI is InChI=1S/C29H29FN8O3/c1-17(20-6-8-22(30)9-7-20)37-29(41)24-10-19(11-31)13-35-27(24)34-12-18-2-4-21(5-3-18)25-15-33-26(32)28(38-25)36-14-23(40)16-39/h2-10,13,15,17,23,39-40H,12,14,16H2,1H3,(H2,32,33)(H,34,35)(H,36,38)(H,37,41). The van der Waals surface area contributed by atoms with Crippen LogP contribution in [0.1, 0.15) is 40.0 Å². The minimum Gasteiger partial charge on any atom is -0.394 e. The van der Waals surface area contributed by atoms with Crippen molar-refractivity contribution in [3.05, 3.63) is 95.1 Å². The summed E-state index contributed by atoms with van der Waals surface area (Å²) in [6.45, 7) is 1.79. The van der Waals surface area contributed by atoms with Gasteiger partial charge in [-0.25, -0.2) is 19.3 Å². The number of amides is 1. The Hall–Kier alpha value is -5.12. The summed E-state index contributed by atoms with van der Waals surface area (Å²) >= 11 is 0. The molecule has 2 heterocycles. The van der Waals surface area contributed by atoms with Gasteiger partial charge in [0.05, 0.1) is 41.8 Å².